The van der Waals surface area contributed by atoms with E-state index in [2.05, 4.69) is 42.5 Å². The van der Waals surface area contributed by atoms with E-state index in [1.54, 1.807) is 7.11 Å². The van der Waals surface area contributed by atoms with E-state index in [-0.39, 0.29) is 10.9 Å². The van der Waals surface area contributed by atoms with Crippen LogP contribution in [0.25, 0.3) is 0 Å². The van der Waals surface area contributed by atoms with Crippen LogP contribution in [0.2, 0.25) is 0 Å². The second-order valence-electron chi connectivity index (χ2n) is 4.13. The SMILES string of the molecule is COc1ccc([S+](CCCCl)c2ccccc2)cc1. The minimum atomic E-state index is 0.0986. The van der Waals surface area contributed by atoms with Crippen LogP contribution in [0.1, 0.15) is 6.42 Å². The van der Waals surface area contributed by atoms with E-state index >= 15 is 0 Å². The molecule has 0 aliphatic carbocycles. The highest BCUT2D eigenvalue weighted by atomic mass is 35.5. The number of ether oxygens (including phenoxy) is 1. The van der Waals surface area contributed by atoms with Gasteiger partial charge in [-0.15, -0.1) is 11.6 Å². The van der Waals surface area contributed by atoms with Gasteiger partial charge in [0.25, 0.3) is 0 Å². The Balaban J connectivity index is 2.26. The fourth-order valence-electron chi connectivity index (χ4n) is 1.90. The van der Waals surface area contributed by atoms with Crippen molar-refractivity contribution in [3.05, 3.63) is 54.6 Å². The third-order valence-electron chi connectivity index (χ3n) is 2.85. The van der Waals surface area contributed by atoms with Gasteiger partial charge in [0.05, 0.1) is 18.0 Å². The molecule has 0 aromatic heterocycles. The summed E-state index contributed by atoms with van der Waals surface area (Å²) in [4.78, 5) is 2.72. The fraction of sp³-hybridized carbons (Fsp3) is 0.250. The highest BCUT2D eigenvalue weighted by Crippen LogP contribution is 2.26. The molecular formula is C16H18ClOS+. The molecule has 0 saturated heterocycles. The average Bonchev–Trinajstić information content (AvgIpc) is 2.49. The summed E-state index contributed by atoms with van der Waals surface area (Å²) < 4.78 is 5.22. The summed E-state index contributed by atoms with van der Waals surface area (Å²) >= 11 is 5.85. The molecule has 0 bridgehead atoms. The first-order valence-electron chi connectivity index (χ1n) is 6.31. The third-order valence-corrected chi connectivity index (χ3v) is 5.50. The molecule has 0 N–H and O–H groups in total. The summed E-state index contributed by atoms with van der Waals surface area (Å²) in [5.41, 5.74) is 0. The molecule has 2 aromatic carbocycles. The Morgan fingerprint density at radius 3 is 2.16 bits per heavy atom. The fourth-order valence-corrected chi connectivity index (χ4v) is 4.31. The summed E-state index contributed by atoms with van der Waals surface area (Å²) in [7, 11) is 1.79. The van der Waals surface area contributed by atoms with Gasteiger partial charge in [-0.3, -0.25) is 0 Å². The first kappa shape index (κ1) is 14.3. The van der Waals surface area contributed by atoms with Crippen molar-refractivity contribution in [3.63, 3.8) is 0 Å². The van der Waals surface area contributed by atoms with Gasteiger partial charge in [0.1, 0.15) is 11.5 Å². The van der Waals surface area contributed by atoms with E-state index in [1.807, 2.05) is 12.1 Å². The third kappa shape index (κ3) is 3.92. The Hall–Kier alpha value is -1.12. The lowest BCUT2D eigenvalue weighted by Gasteiger charge is -2.08. The van der Waals surface area contributed by atoms with Crippen molar-refractivity contribution in [3.8, 4) is 5.75 Å². The van der Waals surface area contributed by atoms with E-state index in [0.29, 0.717) is 5.88 Å². The molecule has 0 fully saturated rings. The van der Waals surface area contributed by atoms with Crippen LogP contribution in [0.4, 0.5) is 0 Å². The lowest BCUT2D eigenvalue weighted by Crippen LogP contribution is -2.09. The molecule has 0 heterocycles. The minimum Gasteiger partial charge on any atom is -0.497 e. The number of methoxy groups -OCH3 is 1. The van der Waals surface area contributed by atoms with Crippen LogP contribution in [0, 0.1) is 0 Å². The van der Waals surface area contributed by atoms with Crippen molar-refractivity contribution < 1.29 is 4.74 Å². The molecule has 3 heteroatoms. The predicted molar refractivity (Wildman–Crippen MR) is 83.5 cm³/mol. The number of halogens is 1. The van der Waals surface area contributed by atoms with Crippen molar-refractivity contribution in [2.75, 3.05) is 18.7 Å². The second-order valence-corrected chi connectivity index (χ2v) is 6.64. The van der Waals surface area contributed by atoms with Crippen molar-refractivity contribution >= 4 is 22.5 Å². The number of benzene rings is 2. The standard InChI is InChI=1S/C16H18ClOS/c1-18-14-8-10-16(11-9-14)19(13-5-12-17)15-6-3-2-4-7-15/h2-4,6-11H,5,12-13H2,1H3/q+1. The Morgan fingerprint density at radius 1 is 0.947 bits per heavy atom. The van der Waals surface area contributed by atoms with Gasteiger partial charge in [0.15, 0.2) is 9.79 Å². The first-order chi connectivity index (χ1) is 9.35. The molecule has 0 saturated carbocycles. The van der Waals surface area contributed by atoms with E-state index in [4.69, 9.17) is 16.3 Å². The lowest BCUT2D eigenvalue weighted by atomic mass is 10.3. The van der Waals surface area contributed by atoms with Gasteiger partial charge < -0.3 is 4.74 Å². The predicted octanol–water partition coefficient (Wildman–Crippen LogP) is 4.36. The molecule has 0 aliphatic rings. The lowest BCUT2D eigenvalue weighted by molar-refractivity contribution is 0.414. The molecule has 1 atom stereocenters. The monoisotopic (exact) mass is 293 g/mol. The number of rotatable bonds is 6. The second kappa shape index (κ2) is 7.46. The van der Waals surface area contributed by atoms with Crippen LogP contribution in [0.5, 0.6) is 5.75 Å². The quantitative estimate of drug-likeness (QED) is 0.568. The van der Waals surface area contributed by atoms with Gasteiger partial charge in [-0.25, -0.2) is 0 Å². The van der Waals surface area contributed by atoms with Gasteiger partial charge >= 0.3 is 0 Å². The summed E-state index contributed by atoms with van der Waals surface area (Å²) in [6.07, 6.45) is 1.03. The largest absolute Gasteiger partial charge is 0.497 e. The summed E-state index contributed by atoms with van der Waals surface area (Å²) in [5.74, 6) is 2.71. The Labute approximate surface area is 122 Å². The maximum atomic E-state index is 5.85. The van der Waals surface area contributed by atoms with Gasteiger partial charge in [-0.05, 0) is 36.4 Å². The zero-order valence-corrected chi connectivity index (χ0v) is 12.6. The van der Waals surface area contributed by atoms with E-state index < -0.39 is 0 Å². The van der Waals surface area contributed by atoms with Gasteiger partial charge in [0, 0.05) is 12.3 Å². The molecule has 0 radical (unpaired) electrons. The maximum absolute atomic E-state index is 5.85. The number of alkyl halides is 1. The van der Waals surface area contributed by atoms with Crippen LogP contribution in [-0.4, -0.2) is 18.7 Å². The molecule has 0 spiro atoms. The topological polar surface area (TPSA) is 9.23 Å². The average molecular weight is 294 g/mol. The molecular weight excluding hydrogens is 276 g/mol. The van der Waals surface area contributed by atoms with Crippen LogP contribution < -0.4 is 4.74 Å². The summed E-state index contributed by atoms with van der Waals surface area (Å²) in [6.45, 7) is 0. The molecule has 0 aliphatic heterocycles. The van der Waals surface area contributed by atoms with Crippen LogP contribution in [0.3, 0.4) is 0 Å². The number of hydrogen-bond donors (Lipinski definition) is 0. The Kier molecular flexibility index (Phi) is 5.62. The minimum absolute atomic E-state index is 0.0986. The van der Waals surface area contributed by atoms with E-state index in [0.717, 1.165) is 17.9 Å². The normalized spacial score (nSPS) is 12.1. The van der Waals surface area contributed by atoms with Crippen LogP contribution in [0.15, 0.2) is 64.4 Å². The van der Waals surface area contributed by atoms with Crippen molar-refractivity contribution in [2.24, 2.45) is 0 Å². The zero-order valence-electron chi connectivity index (χ0n) is 11.0. The highest BCUT2D eigenvalue weighted by molar-refractivity contribution is 7.97. The highest BCUT2D eigenvalue weighted by Gasteiger charge is 2.24. The molecule has 2 aromatic rings. The van der Waals surface area contributed by atoms with Crippen LogP contribution in [-0.2, 0) is 10.9 Å². The van der Waals surface area contributed by atoms with Crippen molar-refractivity contribution in [2.45, 2.75) is 16.2 Å². The zero-order chi connectivity index (χ0) is 13.5. The summed E-state index contributed by atoms with van der Waals surface area (Å²) in [5, 5.41) is 0. The molecule has 1 nitrogen and oxygen atoms in total. The maximum Gasteiger partial charge on any atom is 0.160 e. The summed E-state index contributed by atoms with van der Waals surface area (Å²) in [6, 6.07) is 19.0. The number of hydrogen-bond acceptors (Lipinski definition) is 1. The van der Waals surface area contributed by atoms with E-state index in [1.165, 1.54) is 9.79 Å². The molecule has 1 unspecified atom stereocenters. The van der Waals surface area contributed by atoms with Gasteiger partial charge in [0.2, 0.25) is 0 Å². The van der Waals surface area contributed by atoms with Crippen LogP contribution >= 0.6 is 11.6 Å². The molecule has 19 heavy (non-hydrogen) atoms. The van der Waals surface area contributed by atoms with Gasteiger partial charge in [-0.1, -0.05) is 18.2 Å². The Morgan fingerprint density at radius 2 is 1.58 bits per heavy atom. The smallest absolute Gasteiger partial charge is 0.160 e. The molecule has 0 amide bonds. The van der Waals surface area contributed by atoms with Crippen molar-refractivity contribution in [1.82, 2.24) is 0 Å². The molecule has 100 valence electrons. The Bertz CT molecular complexity index is 484. The van der Waals surface area contributed by atoms with Crippen molar-refractivity contribution in [1.29, 1.82) is 0 Å². The molecule has 2 rings (SSSR count). The van der Waals surface area contributed by atoms with E-state index in [9.17, 15) is 0 Å². The first-order valence-corrected chi connectivity index (χ1v) is 8.24. The van der Waals surface area contributed by atoms with Gasteiger partial charge in [-0.2, -0.15) is 0 Å².